The highest BCUT2D eigenvalue weighted by Gasteiger charge is 2.55. The molecular formula is C97H106Cl7F4N27O. The minimum absolute atomic E-state index is 0.0406. The summed E-state index contributed by atoms with van der Waals surface area (Å²) in [6.07, 6.45) is 25.2. The Kier molecular flexibility index (Phi) is 27.9. The third kappa shape index (κ3) is 19.3. The second kappa shape index (κ2) is 39.5. The number of anilines is 4. The number of nitrogens with two attached hydrogens (primary N) is 3. The molecule has 7 fully saturated rings. The van der Waals surface area contributed by atoms with Gasteiger partial charge in [0.2, 0.25) is 28.2 Å². The first-order chi connectivity index (χ1) is 65.4. The largest absolute Gasteiger partial charge is 0.390 e. The third-order valence-electron chi connectivity index (χ3n) is 29.9. The van der Waals surface area contributed by atoms with Gasteiger partial charge < -0.3 is 41.9 Å². The Morgan fingerprint density at radius 1 is 0.397 bits per heavy atom. The lowest BCUT2D eigenvalue weighted by atomic mass is 9.65. The number of rotatable bonds is 13. The van der Waals surface area contributed by atoms with Crippen molar-refractivity contribution in [3.05, 3.63) is 181 Å². The van der Waals surface area contributed by atoms with Crippen LogP contribution >= 0.6 is 81.2 Å². The van der Waals surface area contributed by atoms with E-state index in [1.807, 2.05) is 67.8 Å². The fourth-order valence-corrected chi connectivity index (χ4v) is 21.9. The minimum Gasteiger partial charge on any atom is -0.390 e. The van der Waals surface area contributed by atoms with E-state index in [0.717, 1.165) is 199 Å². The molecule has 3 aliphatic carbocycles. The number of halogens is 11. The molecule has 136 heavy (non-hydrogen) atoms. The maximum absolute atomic E-state index is 14.6. The summed E-state index contributed by atoms with van der Waals surface area (Å²) in [5, 5.41) is 49.4. The van der Waals surface area contributed by atoms with Gasteiger partial charge in [-0.1, -0.05) is 170 Å². The van der Waals surface area contributed by atoms with E-state index in [2.05, 4.69) is 131 Å². The van der Waals surface area contributed by atoms with E-state index in [0.29, 0.717) is 142 Å². The van der Waals surface area contributed by atoms with Crippen LogP contribution in [0.25, 0.3) is 112 Å². The standard InChI is InChI=1S/C22H23Cl2FN4.C21H23Cl2FN6.C18H20ClFN6.C18H19ClFN5O.C18H21ClN6/c1-12-16(25)7-10-22(12)8-5-13(6-9-22)17-11-26-20-19(28-29-21(20)27-17)14-3-2-4-15(23)18(14)24;1-20(24)5-6-21(19(20)25)7-9-30(10-8-21)14-11-26-17-16(28-29-18(17)27-14)12-3-2-4-13(22)15(12)23;1-2-18(21)6-8-26(9-7-18)13-10-22-16-15(24-25-17(16)23-13)11-4-3-5-12(20)14(11)19;1-2-18(26)6-8-25(9-7-18)13-10-21-16-15(23-24-17(16)22-13)14-11(19)4-3-5-12(14)20;1-2-18(20)7-9-25(10-8-18)14-11-21-16-15(23-24-17(16)22-14)12-5-3-4-6-13(12)19/h2-4,11-13,16H,5-10H2,1H3,(H,27,28,29);2-4,11,19H,5-10,25H2,1H3,(H,27,28,29);3-5,10H,2,6-9,21H2,1H3,(H,23,24,25);3-5,10,26H,2,6-9H2,1H3,(H,22,23,24);3-6,11H,2,7-10,20H2,1H3,(H,22,23,24). The van der Waals surface area contributed by atoms with Crippen molar-refractivity contribution in [3.8, 4) is 56.3 Å². The third-order valence-corrected chi connectivity index (χ3v) is 32.6. The van der Waals surface area contributed by atoms with Crippen molar-refractivity contribution < 1.29 is 22.7 Å². The zero-order valence-corrected chi connectivity index (χ0v) is 81.2. The first-order valence-electron chi connectivity index (χ1n) is 46.4. The van der Waals surface area contributed by atoms with Gasteiger partial charge in [0.1, 0.15) is 74.3 Å². The molecule has 2 spiro atoms. The van der Waals surface area contributed by atoms with Crippen LogP contribution in [-0.4, -0.2) is 193 Å². The van der Waals surface area contributed by atoms with Gasteiger partial charge in [-0.25, -0.2) is 67.4 Å². The Bertz CT molecular complexity index is 6810. The molecule has 0 amide bonds. The van der Waals surface area contributed by atoms with Crippen LogP contribution in [-0.2, 0) is 0 Å². The van der Waals surface area contributed by atoms with Gasteiger partial charge in [-0.05, 0) is 182 Å². The monoisotopic (exact) mass is 1990 g/mol. The van der Waals surface area contributed by atoms with Crippen molar-refractivity contribution in [3.63, 3.8) is 0 Å². The van der Waals surface area contributed by atoms with Crippen LogP contribution in [0.2, 0.25) is 35.2 Å². The molecule has 712 valence electrons. The van der Waals surface area contributed by atoms with Gasteiger partial charge in [-0.3, -0.25) is 25.5 Å². The summed E-state index contributed by atoms with van der Waals surface area (Å²) in [5.41, 5.74) is 30.2. The van der Waals surface area contributed by atoms with Crippen molar-refractivity contribution >= 4 is 160 Å². The van der Waals surface area contributed by atoms with Gasteiger partial charge in [0, 0.05) is 104 Å². The summed E-state index contributed by atoms with van der Waals surface area (Å²) in [6.45, 7) is 16.5. The van der Waals surface area contributed by atoms with Crippen LogP contribution in [0.3, 0.4) is 0 Å². The molecule has 4 atom stereocenters. The summed E-state index contributed by atoms with van der Waals surface area (Å²) < 4.78 is 56.7. The summed E-state index contributed by atoms with van der Waals surface area (Å²) in [4.78, 5) is 54.8. The summed E-state index contributed by atoms with van der Waals surface area (Å²) in [6, 6.07) is 27.3. The highest BCUT2D eigenvalue weighted by atomic mass is 35.5. The molecule has 22 rings (SSSR count). The number of hydrogen-bond donors (Lipinski definition) is 9. The molecular weight excluding hydrogens is 1880 g/mol. The number of nitrogens with one attached hydrogen (secondary N) is 5. The number of aliphatic hydroxyl groups is 1. The predicted octanol–water partition coefficient (Wildman–Crippen LogP) is 22.0. The van der Waals surface area contributed by atoms with E-state index in [1.54, 1.807) is 61.9 Å². The van der Waals surface area contributed by atoms with Crippen molar-refractivity contribution in [2.45, 2.75) is 197 Å². The Morgan fingerprint density at radius 3 is 1.18 bits per heavy atom. The maximum Gasteiger partial charge on any atom is 0.202 e. The number of piperidine rings is 4. The second-order valence-electron chi connectivity index (χ2n) is 37.5. The van der Waals surface area contributed by atoms with Crippen LogP contribution in [0, 0.1) is 28.4 Å². The highest BCUT2D eigenvalue weighted by molar-refractivity contribution is 6.44. The number of hydrogen-bond acceptors (Lipinski definition) is 23. The van der Waals surface area contributed by atoms with Crippen LogP contribution in [0.5, 0.6) is 0 Å². The molecule has 12 N–H and O–H groups in total. The lowest BCUT2D eigenvalue weighted by Crippen LogP contribution is -2.52. The second-order valence-corrected chi connectivity index (χ2v) is 40.3. The Balaban J connectivity index is 0.000000113. The van der Waals surface area contributed by atoms with Crippen LogP contribution in [0.4, 0.5) is 40.8 Å². The van der Waals surface area contributed by atoms with Gasteiger partial charge in [0.15, 0.2) is 0 Å². The SMILES string of the molecule is CC1(F)CCC2(CCN(c3cnc4c(-c5cccc(Cl)c5Cl)[nH]nc4n3)CC2)C1N.CC1C(F)CCC12CCC(c1cnc3c(-c4cccc(Cl)c4Cl)[nH]nc3n1)CC2.CCC1(N)CCN(c2cnc3c(-c4cccc(F)c4Cl)[nH]nc3n2)CC1.CCC1(N)CCN(c2cnc3c(-c4ccccc4Cl)[nH]nc3n2)CC1.CCC1(O)CCN(c2cnc3c(-c4c(F)cccc4Cl)[nH]nc3n2)CC1. The first-order valence-corrected chi connectivity index (χ1v) is 49.0. The van der Waals surface area contributed by atoms with Gasteiger partial charge in [0.05, 0.1) is 105 Å². The highest BCUT2D eigenvalue weighted by Crippen LogP contribution is 2.57. The number of aromatic nitrogens is 20. The van der Waals surface area contributed by atoms with Crippen LogP contribution < -0.4 is 36.8 Å². The molecule has 5 aromatic carbocycles. The number of nitrogens with zero attached hydrogens (tertiary/aromatic N) is 19. The zero-order valence-electron chi connectivity index (χ0n) is 75.9. The molecule has 4 aliphatic heterocycles. The average molecular weight is 1990 g/mol. The van der Waals surface area contributed by atoms with Crippen molar-refractivity contribution in [2.75, 3.05) is 72.0 Å². The molecule has 4 unspecified atom stereocenters. The van der Waals surface area contributed by atoms with Crippen molar-refractivity contribution in [1.82, 2.24) is 101 Å². The van der Waals surface area contributed by atoms with Gasteiger partial charge in [0.25, 0.3) is 0 Å². The van der Waals surface area contributed by atoms with E-state index >= 15 is 0 Å². The number of H-pyrrole nitrogens is 5. The van der Waals surface area contributed by atoms with Gasteiger partial charge in [-0.2, -0.15) is 25.5 Å². The molecule has 28 nitrogen and oxygen atoms in total. The lowest BCUT2D eigenvalue weighted by molar-refractivity contribution is 0.0124. The minimum atomic E-state index is -1.27. The zero-order chi connectivity index (χ0) is 95.3. The van der Waals surface area contributed by atoms with E-state index < -0.39 is 35.1 Å². The Morgan fingerprint density at radius 2 is 0.757 bits per heavy atom. The van der Waals surface area contributed by atoms with Crippen LogP contribution in [0.1, 0.15) is 168 Å². The quantitative estimate of drug-likeness (QED) is 0.0484. The Labute approximate surface area is 817 Å². The smallest absolute Gasteiger partial charge is 0.202 e. The van der Waals surface area contributed by atoms with E-state index in [-0.39, 0.29) is 43.4 Å². The molecule has 10 aromatic heterocycles. The summed E-state index contributed by atoms with van der Waals surface area (Å²) >= 11 is 43.5. The predicted molar refractivity (Wildman–Crippen MR) is 532 cm³/mol. The van der Waals surface area contributed by atoms with E-state index in [9.17, 15) is 22.7 Å². The Hall–Kier alpha value is -10.4. The average Bonchev–Trinajstić information content (AvgIpc) is 1.60. The topological polar surface area (TPSA) is 384 Å². The van der Waals surface area contributed by atoms with Crippen molar-refractivity contribution in [1.29, 1.82) is 0 Å². The first kappa shape index (κ1) is 95.9. The van der Waals surface area contributed by atoms with Crippen molar-refractivity contribution in [2.24, 2.45) is 33.9 Å². The van der Waals surface area contributed by atoms with Gasteiger partial charge >= 0.3 is 0 Å². The molecule has 0 radical (unpaired) electrons. The molecule has 39 heteroatoms. The summed E-state index contributed by atoms with van der Waals surface area (Å²) in [5.74, 6) is 2.71. The summed E-state index contributed by atoms with van der Waals surface area (Å²) in [7, 11) is 0. The fourth-order valence-electron chi connectivity index (χ4n) is 20.4. The van der Waals surface area contributed by atoms with Gasteiger partial charge in [-0.15, -0.1) is 0 Å². The number of alkyl halides is 2. The van der Waals surface area contributed by atoms with E-state index in [4.69, 9.17) is 108 Å². The molecule has 15 aromatic rings. The van der Waals surface area contributed by atoms with Crippen LogP contribution in [0.15, 0.2) is 128 Å². The molecule has 0 bridgehead atoms. The van der Waals surface area contributed by atoms with E-state index in [1.165, 1.54) is 12.1 Å². The molecule has 3 saturated carbocycles. The normalized spacial score (nSPS) is 21.7. The maximum atomic E-state index is 14.6. The lowest BCUT2D eigenvalue weighted by Gasteiger charge is -2.43. The molecule has 7 aliphatic rings. The number of aromatic amines is 5. The molecule has 14 heterocycles. The molecule has 4 saturated heterocycles. The number of benzene rings is 5. The fraction of sp³-hybridized carbons (Fsp3) is 0.433. The number of fused-ring (bicyclic) bond motifs is 5.